The quantitative estimate of drug-likeness (QED) is 0.922. The zero-order valence-electron chi connectivity index (χ0n) is 12.6. The molecule has 4 nitrogen and oxygen atoms in total. The summed E-state index contributed by atoms with van der Waals surface area (Å²) in [4.78, 5) is 12.1. The maximum absolute atomic E-state index is 12.1. The van der Waals surface area contributed by atoms with Crippen LogP contribution < -0.4 is 14.8 Å². The average molecular weight is 297 g/mol. The van der Waals surface area contributed by atoms with Crippen molar-refractivity contribution >= 4 is 5.91 Å². The van der Waals surface area contributed by atoms with Gasteiger partial charge in [-0.1, -0.05) is 30.3 Å². The van der Waals surface area contributed by atoms with Gasteiger partial charge in [0.25, 0.3) is 0 Å². The second-order valence-electron chi connectivity index (χ2n) is 5.31. The van der Waals surface area contributed by atoms with E-state index in [1.54, 1.807) is 7.11 Å². The molecule has 0 unspecified atom stereocenters. The van der Waals surface area contributed by atoms with Crippen LogP contribution >= 0.6 is 0 Å². The van der Waals surface area contributed by atoms with Crippen molar-refractivity contribution in [3.63, 3.8) is 0 Å². The summed E-state index contributed by atoms with van der Waals surface area (Å²) in [6.07, 6.45) is 1.26. The third kappa shape index (κ3) is 3.22. The first-order valence-corrected chi connectivity index (χ1v) is 7.39. The number of hydrogen-bond donors (Lipinski definition) is 1. The summed E-state index contributed by atoms with van der Waals surface area (Å²) in [5.41, 5.74) is 3.21. The molecule has 1 aliphatic rings. The van der Waals surface area contributed by atoms with Gasteiger partial charge in [0.05, 0.1) is 20.1 Å². The lowest BCUT2D eigenvalue weighted by Gasteiger charge is -2.09. The highest BCUT2D eigenvalue weighted by atomic mass is 16.5. The Balaban J connectivity index is 1.58. The van der Waals surface area contributed by atoms with Crippen LogP contribution in [0.15, 0.2) is 42.5 Å². The standard InChI is InChI=1S/C18H19NO3/c1-21-16-5-3-2-4-14(16)11-18(20)19-12-13-6-7-17-15(10-13)8-9-22-17/h2-7,10H,8-9,11-12H2,1H3,(H,19,20). The van der Waals surface area contributed by atoms with Crippen LogP contribution in [0.1, 0.15) is 16.7 Å². The van der Waals surface area contributed by atoms with Crippen molar-refractivity contribution in [2.24, 2.45) is 0 Å². The molecule has 3 rings (SSSR count). The van der Waals surface area contributed by atoms with Gasteiger partial charge >= 0.3 is 0 Å². The van der Waals surface area contributed by atoms with Gasteiger partial charge < -0.3 is 14.8 Å². The first kappa shape index (κ1) is 14.4. The lowest BCUT2D eigenvalue weighted by atomic mass is 10.1. The van der Waals surface area contributed by atoms with Crippen molar-refractivity contribution in [3.8, 4) is 11.5 Å². The molecule has 1 amide bonds. The minimum absolute atomic E-state index is 0.0127. The molecule has 1 aliphatic heterocycles. The van der Waals surface area contributed by atoms with Crippen LogP contribution in [0.5, 0.6) is 11.5 Å². The summed E-state index contributed by atoms with van der Waals surface area (Å²) in [7, 11) is 1.61. The van der Waals surface area contributed by atoms with Gasteiger partial charge in [0.15, 0.2) is 0 Å². The van der Waals surface area contributed by atoms with Gasteiger partial charge in [-0.2, -0.15) is 0 Å². The minimum atomic E-state index is -0.0127. The predicted molar refractivity (Wildman–Crippen MR) is 84.2 cm³/mol. The molecule has 0 saturated carbocycles. The Bertz CT molecular complexity index is 682. The summed E-state index contributed by atoms with van der Waals surface area (Å²) in [6, 6.07) is 13.6. The largest absolute Gasteiger partial charge is 0.496 e. The highest BCUT2D eigenvalue weighted by Crippen LogP contribution is 2.25. The fraction of sp³-hybridized carbons (Fsp3) is 0.278. The lowest BCUT2D eigenvalue weighted by molar-refractivity contribution is -0.120. The van der Waals surface area contributed by atoms with Crippen molar-refractivity contribution in [2.75, 3.05) is 13.7 Å². The summed E-state index contributed by atoms with van der Waals surface area (Å²) in [6.45, 7) is 1.28. The maximum atomic E-state index is 12.1. The van der Waals surface area contributed by atoms with Gasteiger partial charge in [-0.05, 0) is 23.3 Å². The van der Waals surface area contributed by atoms with Gasteiger partial charge in [-0.15, -0.1) is 0 Å². The lowest BCUT2D eigenvalue weighted by Crippen LogP contribution is -2.24. The van der Waals surface area contributed by atoms with Crippen LogP contribution in [0.3, 0.4) is 0 Å². The molecule has 0 aliphatic carbocycles. The molecule has 0 radical (unpaired) electrons. The second-order valence-corrected chi connectivity index (χ2v) is 5.31. The van der Waals surface area contributed by atoms with Crippen LogP contribution in [-0.4, -0.2) is 19.6 Å². The summed E-state index contributed by atoms with van der Waals surface area (Å²) >= 11 is 0. The van der Waals surface area contributed by atoms with E-state index in [-0.39, 0.29) is 5.91 Å². The highest BCUT2D eigenvalue weighted by molar-refractivity contribution is 5.79. The van der Waals surface area contributed by atoms with E-state index in [0.29, 0.717) is 13.0 Å². The first-order valence-electron chi connectivity index (χ1n) is 7.39. The number of carbonyl (C=O) groups is 1. The summed E-state index contributed by atoms with van der Waals surface area (Å²) in [5.74, 6) is 1.69. The molecule has 0 bridgehead atoms. The molecular weight excluding hydrogens is 278 g/mol. The number of fused-ring (bicyclic) bond motifs is 1. The zero-order valence-corrected chi connectivity index (χ0v) is 12.6. The molecule has 22 heavy (non-hydrogen) atoms. The van der Waals surface area contributed by atoms with E-state index < -0.39 is 0 Å². The van der Waals surface area contributed by atoms with E-state index in [1.165, 1.54) is 5.56 Å². The van der Waals surface area contributed by atoms with Crippen LogP contribution in [0, 0.1) is 0 Å². The second kappa shape index (κ2) is 6.52. The molecule has 1 N–H and O–H groups in total. The van der Waals surface area contributed by atoms with Crippen LogP contribution in [-0.2, 0) is 24.2 Å². The molecule has 2 aromatic rings. The van der Waals surface area contributed by atoms with Crippen molar-refractivity contribution in [2.45, 2.75) is 19.4 Å². The van der Waals surface area contributed by atoms with Gasteiger partial charge in [0, 0.05) is 18.5 Å². The Labute approximate surface area is 130 Å². The number of ether oxygens (including phenoxy) is 2. The molecule has 0 atom stereocenters. The average Bonchev–Trinajstić information content (AvgIpc) is 3.01. The minimum Gasteiger partial charge on any atom is -0.496 e. The molecule has 0 fully saturated rings. The van der Waals surface area contributed by atoms with Gasteiger partial charge in [-0.3, -0.25) is 4.79 Å². The van der Waals surface area contributed by atoms with Crippen LogP contribution in [0.4, 0.5) is 0 Å². The van der Waals surface area contributed by atoms with E-state index in [2.05, 4.69) is 11.4 Å². The van der Waals surface area contributed by atoms with Crippen molar-refractivity contribution < 1.29 is 14.3 Å². The predicted octanol–water partition coefficient (Wildman–Crippen LogP) is 2.49. The van der Waals surface area contributed by atoms with Crippen LogP contribution in [0.2, 0.25) is 0 Å². The monoisotopic (exact) mass is 297 g/mol. The number of rotatable bonds is 5. The molecular formula is C18H19NO3. The van der Waals surface area contributed by atoms with Gasteiger partial charge in [0.1, 0.15) is 11.5 Å². The molecule has 2 aromatic carbocycles. The summed E-state index contributed by atoms with van der Waals surface area (Å²) < 4.78 is 10.7. The molecule has 4 heteroatoms. The topological polar surface area (TPSA) is 47.6 Å². The SMILES string of the molecule is COc1ccccc1CC(=O)NCc1ccc2c(c1)CCO2. The fourth-order valence-corrected chi connectivity index (χ4v) is 2.64. The van der Waals surface area contributed by atoms with E-state index in [1.807, 2.05) is 36.4 Å². The number of hydrogen-bond acceptors (Lipinski definition) is 3. The smallest absolute Gasteiger partial charge is 0.224 e. The maximum Gasteiger partial charge on any atom is 0.224 e. The highest BCUT2D eigenvalue weighted by Gasteiger charge is 2.12. The van der Waals surface area contributed by atoms with Gasteiger partial charge in [0.2, 0.25) is 5.91 Å². The molecule has 114 valence electrons. The number of carbonyl (C=O) groups excluding carboxylic acids is 1. The van der Waals surface area contributed by atoms with Gasteiger partial charge in [-0.25, -0.2) is 0 Å². The number of para-hydroxylation sites is 1. The normalized spacial score (nSPS) is 12.4. The fourth-order valence-electron chi connectivity index (χ4n) is 2.64. The Hall–Kier alpha value is -2.49. The molecule has 0 aromatic heterocycles. The van der Waals surface area contributed by atoms with Crippen molar-refractivity contribution in [1.82, 2.24) is 5.32 Å². The summed E-state index contributed by atoms with van der Waals surface area (Å²) in [5, 5.41) is 2.95. The number of amides is 1. The zero-order chi connectivity index (χ0) is 15.4. The molecule has 1 heterocycles. The van der Waals surface area contributed by atoms with E-state index >= 15 is 0 Å². The molecule has 0 saturated heterocycles. The van der Waals surface area contributed by atoms with E-state index in [4.69, 9.17) is 9.47 Å². The number of benzene rings is 2. The van der Waals surface area contributed by atoms with E-state index in [0.717, 1.165) is 35.7 Å². The Morgan fingerprint density at radius 2 is 2.14 bits per heavy atom. The van der Waals surface area contributed by atoms with Crippen LogP contribution in [0.25, 0.3) is 0 Å². The van der Waals surface area contributed by atoms with Crippen molar-refractivity contribution in [3.05, 3.63) is 59.2 Å². The Kier molecular flexibility index (Phi) is 4.28. The molecule has 0 spiro atoms. The Morgan fingerprint density at radius 3 is 3.00 bits per heavy atom. The number of nitrogens with one attached hydrogen (secondary N) is 1. The third-order valence-corrected chi connectivity index (χ3v) is 3.79. The van der Waals surface area contributed by atoms with E-state index in [9.17, 15) is 4.79 Å². The first-order chi connectivity index (χ1) is 10.8. The third-order valence-electron chi connectivity index (χ3n) is 3.79. The number of methoxy groups -OCH3 is 1. The Morgan fingerprint density at radius 1 is 1.27 bits per heavy atom. The van der Waals surface area contributed by atoms with Crippen molar-refractivity contribution in [1.29, 1.82) is 0 Å².